The van der Waals surface area contributed by atoms with E-state index < -0.39 is 53.8 Å². The molecule has 1 aliphatic heterocycles. The minimum Gasteiger partial charge on any atom is -0.394 e. The van der Waals surface area contributed by atoms with Crippen LogP contribution in [0.1, 0.15) is 6.23 Å². The lowest BCUT2D eigenvalue weighted by Gasteiger charge is -2.44. The zero-order valence-electron chi connectivity index (χ0n) is 10.9. The molecule has 2 rings (SSSR count). The van der Waals surface area contributed by atoms with Crippen LogP contribution in [0, 0.1) is 17.1 Å². The maximum absolute atomic E-state index is 13.3. The van der Waals surface area contributed by atoms with Crippen molar-refractivity contribution in [3.63, 3.8) is 0 Å². The Hall–Kier alpha value is -2.10. The highest BCUT2D eigenvalue weighted by atomic mass is 19.1. The molecule has 1 unspecified atom stereocenters. The number of aliphatic hydroxyl groups is 4. The van der Waals surface area contributed by atoms with Crippen molar-refractivity contribution in [2.24, 2.45) is 0 Å². The summed E-state index contributed by atoms with van der Waals surface area (Å²) in [5.74, 6) is -1.40. The Balaban J connectivity index is 2.61. The van der Waals surface area contributed by atoms with Crippen molar-refractivity contribution < 1.29 is 29.6 Å². The summed E-state index contributed by atoms with van der Waals surface area (Å²) in [6.07, 6.45) is -6.97. The Morgan fingerprint density at radius 2 is 2.14 bits per heavy atom. The molecule has 1 fully saturated rings. The number of nitrogens with zero attached hydrogens (tertiary/aromatic N) is 2. The Labute approximate surface area is 121 Å². The van der Waals surface area contributed by atoms with E-state index >= 15 is 0 Å². The van der Waals surface area contributed by atoms with Crippen molar-refractivity contribution in [1.29, 1.82) is 5.26 Å². The summed E-state index contributed by atoms with van der Waals surface area (Å²) in [5, 5.41) is 47.8. The first-order valence-corrected chi connectivity index (χ1v) is 6.03. The van der Waals surface area contributed by atoms with Crippen molar-refractivity contribution in [3.8, 4) is 6.07 Å². The number of nitriles is 1. The molecule has 0 saturated carbocycles. The smallest absolute Gasteiger partial charge is 0.330 e. The number of aromatic nitrogens is 2. The fraction of sp³-hybridized carbons (Fsp3) is 0.545. The first-order chi connectivity index (χ1) is 10.3. The number of aromatic amines is 1. The maximum Gasteiger partial charge on any atom is 0.330 e. The van der Waals surface area contributed by atoms with Crippen LogP contribution in [0.25, 0.3) is 0 Å². The zero-order chi connectivity index (χ0) is 16.7. The topological polar surface area (TPSA) is 169 Å². The summed E-state index contributed by atoms with van der Waals surface area (Å²) in [6, 6.07) is 1.28. The molecule has 11 heteroatoms. The second-order valence-electron chi connectivity index (χ2n) is 4.73. The molecule has 0 amide bonds. The lowest BCUT2D eigenvalue weighted by Crippen LogP contribution is -2.64. The van der Waals surface area contributed by atoms with E-state index in [0.717, 1.165) is 0 Å². The number of hydrogen-bond donors (Lipinski definition) is 5. The standard InChI is InChI=1S/C11H12FN3O7/c12-4-1-15(10(20)14-8(4)19)9-11(21,3-13)7(18)6(17)5(2-16)22-9/h1,5-7,9,16-18,21H,2H2,(H,14,19,20)/t5-,6+,7+,9?,11+/m0/s1. The van der Waals surface area contributed by atoms with Crippen LogP contribution in [-0.2, 0) is 4.74 Å². The SMILES string of the molecule is N#C[C@]1(O)C(n2cc(F)c(=O)[nH]c2=O)O[C@@H](CO)[C@@H](O)[C@H]1O. The lowest BCUT2D eigenvalue weighted by molar-refractivity contribution is -0.278. The summed E-state index contributed by atoms with van der Waals surface area (Å²) in [6.45, 7) is -0.809. The van der Waals surface area contributed by atoms with Crippen molar-refractivity contribution in [2.75, 3.05) is 6.61 Å². The Bertz CT molecular complexity index is 726. The van der Waals surface area contributed by atoms with Gasteiger partial charge in [0, 0.05) is 0 Å². The third-order valence-corrected chi connectivity index (χ3v) is 3.37. The summed E-state index contributed by atoms with van der Waals surface area (Å²) in [5.41, 5.74) is -5.36. The maximum atomic E-state index is 13.3. The summed E-state index contributed by atoms with van der Waals surface area (Å²) < 4.78 is 18.7. The number of aliphatic hydroxyl groups excluding tert-OH is 3. The van der Waals surface area contributed by atoms with E-state index in [0.29, 0.717) is 10.8 Å². The number of H-pyrrole nitrogens is 1. The van der Waals surface area contributed by atoms with Crippen LogP contribution in [-0.4, -0.2) is 60.5 Å². The van der Waals surface area contributed by atoms with E-state index in [9.17, 15) is 29.3 Å². The molecule has 1 saturated heterocycles. The largest absolute Gasteiger partial charge is 0.394 e. The molecule has 120 valence electrons. The van der Waals surface area contributed by atoms with Gasteiger partial charge in [-0.1, -0.05) is 0 Å². The highest BCUT2D eigenvalue weighted by Crippen LogP contribution is 2.35. The van der Waals surface area contributed by atoms with Gasteiger partial charge in [0.2, 0.25) is 11.4 Å². The molecule has 5 atom stereocenters. The van der Waals surface area contributed by atoms with Crippen LogP contribution in [0.3, 0.4) is 0 Å². The molecular weight excluding hydrogens is 305 g/mol. The molecule has 22 heavy (non-hydrogen) atoms. The number of halogens is 1. The third kappa shape index (κ3) is 2.32. The predicted octanol–water partition coefficient (Wildman–Crippen LogP) is -3.46. The molecular formula is C11H12FN3O7. The predicted molar refractivity (Wildman–Crippen MR) is 64.9 cm³/mol. The molecule has 10 nitrogen and oxygen atoms in total. The van der Waals surface area contributed by atoms with Crippen LogP contribution < -0.4 is 11.2 Å². The van der Waals surface area contributed by atoms with E-state index in [-0.39, 0.29) is 0 Å². The van der Waals surface area contributed by atoms with E-state index in [1.54, 1.807) is 4.98 Å². The fourth-order valence-corrected chi connectivity index (χ4v) is 2.14. The van der Waals surface area contributed by atoms with Gasteiger partial charge < -0.3 is 25.2 Å². The van der Waals surface area contributed by atoms with Crippen LogP contribution in [0.5, 0.6) is 0 Å². The number of rotatable bonds is 2. The molecule has 2 heterocycles. The van der Waals surface area contributed by atoms with Gasteiger partial charge in [-0.2, -0.15) is 9.65 Å². The lowest BCUT2D eigenvalue weighted by atomic mass is 9.86. The van der Waals surface area contributed by atoms with E-state index in [4.69, 9.17) is 15.1 Å². The summed E-state index contributed by atoms with van der Waals surface area (Å²) >= 11 is 0. The van der Waals surface area contributed by atoms with Gasteiger partial charge in [0.25, 0.3) is 5.56 Å². The molecule has 0 aromatic carbocycles. The summed E-state index contributed by atoms with van der Waals surface area (Å²) in [7, 11) is 0. The fourth-order valence-electron chi connectivity index (χ4n) is 2.14. The van der Waals surface area contributed by atoms with Crippen LogP contribution in [0.15, 0.2) is 15.8 Å². The van der Waals surface area contributed by atoms with Gasteiger partial charge in [-0.3, -0.25) is 14.3 Å². The number of ether oxygens (including phenoxy) is 1. The minimum atomic E-state index is -2.82. The first-order valence-electron chi connectivity index (χ1n) is 6.03. The molecule has 0 bridgehead atoms. The zero-order valence-corrected chi connectivity index (χ0v) is 10.9. The monoisotopic (exact) mass is 317 g/mol. The van der Waals surface area contributed by atoms with E-state index in [1.807, 2.05) is 0 Å². The highest BCUT2D eigenvalue weighted by molar-refractivity contribution is 5.14. The molecule has 1 aromatic rings. The average Bonchev–Trinajstić information content (AvgIpc) is 2.49. The molecule has 0 aliphatic carbocycles. The molecule has 0 radical (unpaired) electrons. The van der Waals surface area contributed by atoms with Gasteiger partial charge in [0.15, 0.2) is 6.23 Å². The Morgan fingerprint density at radius 3 is 2.68 bits per heavy atom. The van der Waals surface area contributed by atoms with Crippen LogP contribution >= 0.6 is 0 Å². The minimum absolute atomic E-state index is 0.345. The molecule has 5 N–H and O–H groups in total. The number of nitrogens with one attached hydrogen (secondary N) is 1. The summed E-state index contributed by atoms with van der Waals surface area (Å²) in [4.78, 5) is 24.3. The Morgan fingerprint density at radius 1 is 1.50 bits per heavy atom. The highest BCUT2D eigenvalue weighted by Gasteiger charge is 2.56. The van der Waals surface area contributed by atoms with Crippen molar-refractivity contribution >= 4 is 0 Å². The van der Waals surface area contributed by atoms with Crippen molar-refractivity contribution in [3.05, 3.63) is 32.9 Å². The number of hydrogen-bond acceptors (Lipinski definition) is 8. The molecule has 1 aromatic heterocycles. The van der Waals surface area contributed by atoms with Crippen LogP contribution in [0.4, 0.5) is 4.39 Å². The van der Waals surface area contributed by atoms with Gasteiger partial charge in [-0.25, -0.2) is 4.79 Å². The quantitative estimate of drug-likeness (QED) is 0.351. The normalized spacial score (nSPS) is 35.1. The third-order valence-electron chi connectivity index (χ3n) is 3.37. The molecule has 1 aliphatic rings. The Kier molecular flexibility index (Phi) is 4.14. The van der Waals surface area contributed by atoms with Gasteiger partial charge in [-0.05, 0) is 0 Å². The molecule has 0 spiro atoms. The van der Waals surface area contributed by atoms with Gasteiger partial charge in [0.05, 0.1) is 12.8 Å². The van der Waals surface area contributed by atoms with Gasteiger partial charge in [0.1, 0.15) is 24.4 Å². The second kappa shape index (κ2) is 5.59. The van der Waals surface area contributed by atoms with Crippen molar-refractivity contribution in [1.82, 2.24) is 9.55 Å². The van der Waals surface area contributed by atoms with Gasteiger partial charge >= 0.3 is 5.69 Å². The van der Waals surface area contributed by atoms with Crippen molar-refractivity contribution in [2.45, 2.75) is 30.1 Å². The first kappa shape index (κ1) is 16.3. The van der Waals surface area contributed by atoms with E-state index in [2.05, 4.69) is 0 Å². The second-order valence-corrected chi connectivity index (χ2v) is 4.73. The van der Waals surface area contributed by atoms with E-state index in [1.165, 1.54) is 6.07 Å². The van der Waals surface area contributed by atoms with Gasteiger partial charge in [-0.15, -0.1) is 0 Å². The van der Waals surface area contributed by atoms with Crippen LogP contribution in [0.2, 0.25) is 0 Å². The average molecular weight is 317 g/mol.